The summed E-state index contributed by atoms with van der Waals surface area (Å²) >= 11 is 0. The zero-order chi connectivity index (χ0) is 14.7. The molecule has 0 fully saturated rings. The van der Waals surface area contributed by atoms with E-state index in [2.05, 4.69) is 36.2 Å². The van der Waals surface area contributed by atoms with Crippen LogP contribution in [0, 0.1) is 6.07 Å². The van der Waals surface area contributed by atoms with Gasteiger partial charge in [-0.15, -0.1) is 6.07 Å². The van der Waals surface area contributed by atoms with Crippen LogP contribution in [0.2, 0.25) is 0 Å². The predicted molar refractivity (Wildman–Crippen MR) is 87.9 cm³/mol. The topological polar surface area (TPSA) is 22.1 Å². The molecule has 21 heavy (non-hydrogen) atoms. The number of hydrogen-bond donors (Lipinski definition) is 0. The van der Waals surface area contributed by atoms with E-state index in [-0.39, 0.29) is 0 Å². The average Bonchev–Trinajstić information content (AvgIpc) is 2.54. The molecule has 0 atom stereocenters. The van der Waals surface area contributed by atoms with Crippen LogP contribution in [-0.4, -0.2) is 12.1 Å². The second-order valence-electron chi connectivity index (χ2n) is 5.34. The monoisotopic (exact) mass is 278 g/mol. The summed E-state index contributed by atoms with van der Waals surface area (Å²) in [5, 5.41) is 3.51. The van der Waals surface area contributed by atoms with E-state index < -0.39 is 0 Å². The summed E-state index contributed by atoms with van der Waals surface area (Å²) in [5.41, 5.74) is 2.27. The molecule has 108 valence electrons. The Morgan fingerprint density at radius 3 is 2.67 bits per heavy atom. The van der Waals surface area contributed by atoms with Crippen molar-refractivity contribution in [1.82, 2.24) is 4.98 Å². The molecular formula is C19H20NO-. The Kier molecular flexibility index (Phi) is 4.05. The van der Waals surface area contributed by atoms with Gasteiger partial charge in [0.25, 0.3) is 0 Å². The van der Waals surface area contributed by atoms with Crippen LogP contribution >= 0.6 is 0 Å². The Morgan fingerprint density at radius 1 is 1.10 bits per heavy atom. The van der Waals surface area contributed by atoms with E-state index >= 15 is 0 Å². The Hall–Kier alpha value is -2.09. The first kappa shape index (κ1) is 13.9. The number of pyridine rings is 1. The van der Waals surface area contributed by atoms with Crippen LogP contribution in [0.1, 0.15) is 31.7 Å². The van der Waals surface area contributed by atoms with Crippen molar-refractivity contribution in [3.63, 3.8) is 0 Å². The summed E-state index contributed by atoms with van der Waals surface area (Å²) in [4.78, 5) is 4.67. The van der Waals surface area contributed by atoms with Crippen molar-refractivity contribution in [1.29, 1.82) is 0 Å². The lowest BCUT2D eigenvalue weighted by Crippen LogP contribution is -1.95. The van der Waals surface area contributed by atoms with Gasteiger partial charge in [0, 0.05) is 5.39 Å². The molecule has 0 aliphatic heterocycles. The Morgan fingerprint density at radius 2 is 1.90 bits per heavy atom. The fourth-order valence-corrected chi connectivity index (χ4v) is 2.89. The minimum absolute atomic E-state index is 0.698. The molecule has 1 heterocycles. The minimum atomic E-state index is 0.698. The highest BCUT2D eigenvalue weighted by atomic mass is 16.5. The first-order valence-electron chi connectivity index (χ1n) is 7.61. The SMILES string of the molecule is CCCCCc1[c-]ccc2nc(OC)c3ccccc3c12. The van der Waals surface area contributed by atoms with Gasteiger partial charge < -0.3 is 4.74 Å². The van der Waals surface area contributed by atoms with Gasteiger partial charge >= 0.3 is 0 Å². The molecule has 0 aliphatic carbocycles. The van der Waals surface area contributed by atoms with Gasteiger partial charge in [0.2, 0.25) is 5.88 Å². The summed E-state index contributed by atoms with van der Waals surface area (Å²) < 4.78 is 5.45. The fraction of sp³-hybridized carbons (Fsp3) is 0.316. The number of aryl methyl sites for hydroxylation is 1. The molecule has 0 spiro atoms. The zero-order valence-corrected chi connectivity index (χ0v) is 12.6. The van der Waals surface area contributed by atoms with Crippen LogP contribution in [0.15, 0.2) is 36.4 Å². The largest absolute Gasteiger partial charge is 0.481 e. The molecule has 2 heteroatoms. The van der Waals surface area contributed by atoms with Gasteiger partial charge in [-0.3, -0.25) is 0 Å². The molecule has 0 saturated heterocycles. The lowest BCUT2D eigenvalue weighted by molar-refractivity contribution is 0.405. The van der Waals surface area contributed by atoms with Crippen molar-refractivity contribution < 1.29 is 4.74 Å². The molecule has 0 amide bonds. The molecule has 0 unspecified atom stereocenters. The molecule has 0 bridgehead atoms. The van der Waals surface area contributed by atoms with Gasteiger partial charge in [0.1, 0.15) is 0 Å². The van der Waals surface area contributed by atoms with E-state index in [1.54, 1.807) is 7.11 Å². The number of fused-ring (bicyclic) bond motifs is 3. The van der Waals surface area contributed by atoms with Gasteiger partial charge in [-0.25, -0.2) is 4.98 Å². The van der Waals surface area contributed by atoms with Gasteiger partial charge in [0.15, 0.2) is 0 Å². The Bertz CT molecular complexity index is 764. The van der Waals surface area contributed by atoms with Gasteiger partial charge in [-0.1, -0.05) is 67.6 Å². The second kappa shape index (κ2) is 6.13. The summed E-state index contributed by atoms with van der Waals surface area (Å²) in [6.45, 7) is 2.23. The van der Waals surface area contributed by atoms with Crippen molar-refractivity contribution >= 4 is 21.7 Å². The molecule has 3 aromatic rings. The van der Waals surface area contributed by atoms with Gasteiger partial charge in [-0.2, -0.15) is 17.7 Å². The van der Waals surface area contributed by atoms with Crippen molar-refractivity contribution in [3.8, 4) is 5.88 Å². The Labute approximate surface area is 125 Å². The van der Waals surface area contributed by atoms with Crippen LogP contribution in [0.3, 0.4) is 0 Å². The highest BCUT2D eigenvalue weighted by molar-refractivity contribution is 6.09. The zero-order valence-electron chi connectivity index (χ0n) is 12.6. The standard InChI is InChI=1S/C19H20NO/c1-3-4-5-9-14-10-8-13-17-18(14)15-11-6-7-12-16(15)19(20-17)21-2/h6-8,11-13H,3-5,9H2,1-2H3/q-1. The number of hydrogen-bond acceptors (Lipinski definition) is 2. The third-order valence-corrected chi connectivity index (χ3v) is 3.93. The molecule has 0 N–H and O–H groups in total. The van der Waals surface area contributed by atoms with Crippen LogP contribution in [-0.2, 0) is 6.42 Å². The summed E-state index contributed by atoms with van der Waals surface area (Å²) in [6.07, 6.45) is 4.75. The van der Waals surface area contributed by atoms with E-state index in [1.807, 2.05) is 18.2 Å². The highest BCUT2D eigenvalue weighted by Crippen LogP contribution is 2.32. The smallest absolute Gasteiger partial charge is 0.218 e. The molecule has 0 saturated carbocycles. The summed E-state index contributed by atoms with van der Waals surface area (Å²) in [6, 6.07) is 15.7. The highest BCUT2D eigenvalue weighted by Gasteiger charge is 2.05. The number of rotatable bonds is 5. The maximum Gasteiger partial charge on any atom is 0.218 e. The predicted octanol–water partition coefficient (Wildman–Crippen LogP) is 4.93. The van der Waals surface area contributed by atoms with Gasteiger partial charge in [-0.05, 0) is 5.52 Å². The summed E-state index contributed by atoms with van der Waals surface area (Å²) in [7, 11) is 1.68. The molecule has 1 aromatic heterocycles. The van der Waals surface area contributed by atoms with Crippen molar-refractivity contribution in [2.24, 2.45) is 0 Å². The number of nitrogens with zero attached hydrogens (tertiary/aromatic N) is 1. The number of methoxy groups -OCH3 is 1. The van der Waals surface area contributed by atoms with Crippen LogP contribution in [0.25, 0.3) is 21.7 Å². The van der Waals surface area contributed by atoms with E-state index in [4.69, 9.17) is 4.74 Å². The maximum absolute atomic E-state index is 5.45. The van der Waals surface area contributed by atoms with E-state index in [1.165, 1.54) is 35.6 Å². The average molecular weight is 278 g/mol. The van der Waals surface area contributed by atoms with E-state index in [0.29, 0.717) is 5.88 Å². The van der Waals surface area contributed by atoms with Crippen LogP contribution in [0.4, 0.5) is 0 Å². The first-order valence-corrected chi connectivity index (χ1v) is 7.61. The van der Waals surface area contributed by atoms with E-state index in [0.717, 1.165) is 17.3 Å². The lowest BCUT2D eigenvalue weighted by atomic mass is 9.98. The maximum atomic E-state index is 5.45. The van der Waals surface area contributed by atoms with Crippen molar-refractivity contribution in [2.75, 3.05) is 7.11 Å². The number of unbranched alkanes of at least 4 members (excludes halogenated alkanes) is 2. The van der Waals surface area contributed by atoms with E-state index in [9.17, 15) is 0 Å². The molecule has 2 aromatic carbocycles. The third kappa shape index (κ3) is 2.58. The second-order valence-corrected chi connectivity index (χ2v) is 5.34. The third-order valence-electron chi connectivity index (χ3n) is 3.93. The molecule has 0 aliphatic rings. The lowest BCUT2D eigenvalue weighted by Gasteiger charge is -2.18. The number of ether oxygens (including phenoxy) is 1. The fourth-order valence-electron chi connectivity index (χ4n) is 2.89. The molecule has 2 nitrogen and oxygen atoms in total. The molecule has 3 rings (SSSR count). The quantitative estimate of drug-likeness (QED) is 0.375. The molecule has 0 radical (unpaired) electrons. The van der Waals surface area contributed by atoms with Crippen LogP contribution in [0.5, 0.6) is 5.88 Å². The van der Waals surface area contributed by atoms with Crippen molar-refractivity contribution in [2.45, 2.75) is 32.6 Å². The number of benzene rings is 2. The molecular weight excluding hydrogens is 258 g/mol. The Balaban J connectivity index is 2.24. The van der Waals surface area contributed by atoms with Gasteiger partial charge in [0.05, 0.1) is 7.11 Å². The van der Waals surface area contributed by atoms with Crippen molar-refractivity contribution in [3.05, 3.63) is 48.0 Å². The first-order chi connectivity index (χ1) is 10.3. The number of aromatic nitrogens is 1. The minimum Gasteiger partial charge on any atom is -0.481 e. The summed E-state index contributed by atoms with van der Waals surface area (Å²) in [5.74, 6) is 0.698. The van der Waals surface area contributed by atoms with Crippen LogP contribution < -0.4 is 4.74 Å². The normalized spacial score (nSPS) is 11.1.